The van der Waals surface area contributed by atoms with E-state index in [1.807, 2.05) is 51.1 Å². The van der Waals surface area contributed by atoms with Crippen LogP contribution in [0.3, 0.4) is 0 Å². The van der Waals surface area contributed by atoms with E-state index in [-0.39, 0.29) is 22.8 Å². The Balaban J connectivity index is 1.75. The molecule has 0 radical (unpaired) electrons. The first-order valence-corrected chi connectivity index (χ1v) is 11.4. The van der Waals surface area contributed by atoms with Crippen LogP contribution in [0.25, 0.3) is 16.6 Å². The van der Waals surface area contributed by atoms with Crippen molar-refractivity contribution in [2.75, 3.05) is 0 Å². The standard InChI is InChI=1S/C24H27N3O2S/c1-15-12-16(2)14-19(13-15)27-23(29)20-10-6-7-11-21(20)26-24(27)30-17(3)22(28)25-18-8-4-5-9-18/h6-7,10-14,17-18H,4-5,8-9H2,1-3H3,(H,25,28)/t17-/m1/s1. The number of para-hydroxylation sites is 1. The van der Waals surface area contributed by atoms with Gasteiger partial charge in [-0.3, -0.25) is 14.2 Å². The molecule has 6 heteroatoms. The third-order valence-electron chi connectivity index (χ3n) is 5.56. The molecule has 2 aromatic carbocycles. The molecule has 1 amide bonds. The number of aromatic nitrogens is 2. The number of amides is 1. The number of aryl methyl sites for hydroxylation is 2. The molecule has 1 fully saturated rings. The van der Waals surface area contributed by atoms with E-state index in [1.165, 1.54) is 24.6 Å². The fraction of sp³-hybridized carbons (Fsp3) is 0.375. The summed E-state index contributed by atoms with van der Waals surface area (Å²) < 4.78 is 1.65. The zero-order valence-corrected chi connectivity index (χ0v) is 18.5. The fourth-order valence-electron chi connectivity index (χ4n) is 4.10. The topological polar surface area (TPSA) is 64.0 Å². The highest BCUT2D eigenvalue weighted by Gasteiger charge is 2.24. The Morgan fingerprint density at radius 3 is 2.50 bits per heavy atom. The zero-order chi connectivity index (χ0) is 21.3. The van der Waals surface area contributed by atoms with Crippen LogP contribution in [0.1, 0.15) is 43.7 Å². The van der Waals surface area contributed by atoms with Crippen LogP contribution >= 0.6 is 11.8 Å². The first kappa shape index (κ1) is 20.7. The number of carbonyl (C=O) groups is 1. The molecule has 3 aromatic rings. The molecule has 1 N–H and O–H groups in total. The van der Waals surface area contributed by atoms with Gasteiger partial charge in [-0.2, -0.15) is 0 Å². The molecule has 0 spiro atoms. The van der Waals surface area contributed by atoms with E-state index in [4.69, 9.17) is 4.98 Å². The van der Waals surface area contributed by atoms with E-state index >= 15 is 0 Å². The van der Waals surface area contributed by atoms with Crippen LogP contribution in [0.2, 0.25) is 0 Å². The minimum atomic E-state index is -0.351. The number of thioether (sulfide) groups is 1. The number of carbonyl (C=O) groups excluding carboxylic acids is 1. The van der Waals surface area contributed by atoms with Crippen LogP contribution in [0.15, 0.2) is 52.4 Å². The quantitative estimate of drug-likeness (QED) is 0.485. The van der Waals surface area contributed by atoms with Gasteiger partial charge in [-0.25, -0.2) is 4.98 Å². The number of rotatable bonds is 5. The van der Waals surface area contributed by atoms with Crippen LogP contribution in [0.4, 0.5) is 0 Å². The predicted molar refractivity (Wildman–Crippen MR) is 123 cm³/mol. The average Bonchev–Trinajstić information content (AvgIpc) is 3.20. The Labute approximate surface area is 180 Å². The van der Waals surface area contributed by atoms with Crippen molar-refractivity contribution in [2.24, 2.45) is 0 Å². The van der Waals surface area contributed by atoms with E-state index in [1.54, 1.807) is 10.6 Å². The molecular formula is C24H27N3O2S. The summed E-state index contributed by atoms with van der Waals surface area (Å²) in [6.45, 7) is 5.91. The fourth-order valence-corrected chi connectivity index (χ4v) is 5.04. The van der Waals surface area contributed by atoms with E-state index in [0.29, 0.717) is 16.1 Å². The lowest BCUT2D eigenvalue weighted by molar-refractivity contribution is -0.120. The first-order valence-electron chi connectivity index (χ1n) is 10.5. The SMILES string of the molecule is Cc1cc(C)cc(-n2c(S[C@H](C)C(=O)NC3CCCC3)nc3ccccc3c2=O)c1. The van der Waals surface area contributed by atoms with Crippen molar-refractivity contribution in [1.29, 1.82) is 0 Å². The lowest BCUT2D eigenvalue weighted by atomic mass is 10.1. The highest BCUT2D eigenvalue weighted by molar-refractivity contribution is 8.00. The number of hydrogen-bond acceptors (Lipinski definition) is 4. The van der Waals surface area contributed by atoms with Crippen LogP contribution in [0.5, 0.6) is 0 Å². The molecule has 4 rings (SSSR count). The summed E-state index contributed by atoms with van der Waals surface area (Å²) in [5.74, 6) is 0.00119. The molecule has 0 unspecified atom stereocenters. The second kappa shape index (κ2) is 8.64. The Morgan fingerprint density at radius 1 is 1.13 bits per heavy atom. The summed E-state index contributed by atoms with van der Waals surface area (Å²) in [7, 11) is 0. The van der Waals surface area contributed by atoms with Crippen molar-refractivity contribution in [3.05, 3.63) is 63.9 Å². The summed E-state index contributed by atoms with van der Waals surface area (Å²) in [6.07, 6.45) is 4.44. The number of nitrogens with one attached hydrogen (secondary N) is 1. The number of hydrogen-bond donors (Lipinski definition) is 1. The minimum absolute atomic E-state index is 0.00119. The van der Waals surface area contributed by atoms with Gasteiger partial charge >= 0.3 is 0 Å². The van der Waals surface area contributed by atoms with Crippen molar-refractivity contribution in [2.45, 2.75) is 62.9 Å². The van der Waals surface area contributed by atoms with E-state index in [9.17, 15) is 9.59 Å². The van der Waals surface area contributed by atoms with Gasteiger partial charge in [-0.05, 0) is 69.0 Å². The maximum atomic E-state index is 13.4. The third kappa shape index (κ3) is 4.29. The van der Waals surface area contributed by atoms with Gasteiger partial charge in [0.15, 0.2) is 5.16 Å². The van der Waals surface area contributed by atoms with Crippen molar-refractivity contribution >= 4 is 28.6 Å². The number of benzene rings is 2. The van der Waals surface area contributed by atoms with Gasteiger partial charge in [0.25, 0.3) is 5.56 Å². The molecular weight excluding hydrogens is 394 g/mol. The van der Waals surface area contributed by atoms with Gasteiger partial charge in [0.1, 0.15) is 0 Å². The molecule has 0 bridgehead atoms. The van der Waals surface area contributed by atoms with E-state index < -0.39 is 0 Å². The lowest BCUT2D eigenvalue weighted by Gasteiger charge is -2.19. The Bertz CT molecular complexity index is 1130. The van der Waals surface area contributed by atoms with Crippen LogP contribution in [0, 0.1) is 13.8 Å². The molecule has 1 atom stereocenters. The average molecular weight is 422 g/mol. The summed E-state index contributed by atoms with van der Waals surface area (Å²) in [5.41, 5.74) is 3.47. The molecule has 0 aliphatic heterocycles. The van der Waals surface area contributed by atoms with Crippen molar-refractivity contribution in [3.8, 4) is 5.69 Å². The molecule has 0 saturated heterocycles. The van der Waals surface area contributed by atoms with Gasteiger partial charge in [-0.1, -0.05) is 42.8 Å². The second-order valence-electron chi connectivity index (χ2n) is 8.15. The smallest absolute Gasteiger partial charge is 0.266 e. The third-order valence-corrected chi connectivity index (χ3v) is 6.61. The van der Waals surface area contributed by atoms with E-state index in [0.717, 1.165) is 29.7 Å². The Morgan fingerprint density at radius 2 is 1.80 bits per heavy atom. The van der Waals surface area contributed by atoms with Crippen molar-refractivity contribution < 1.29 is 4.79 Å². The molecule has 1 aliphatic carbocycles. The largest absolute Gasteiger partial charge is 0.352 e. The van der Waals surface area contributed by atoms with Gasteiger partial charge in [0.2, 0.25) is 5.91 Å². The predicted octanol–water partition coefficient (Wildman–Crippen LogP) is 4.54. The lowest BCUT2D eigenvalue weighted by Crippen LogP contribution is -2.38. The zero-order valence-electron chi connectivity index (χ0n) is 17.6. The highest BCUT2D eigenvalue weighted by Crippen LogP contribution is 2.27. The molecule has 30 heavy (non-hydrogen) atoms. The summed E-state index contributed by atoms with van der Waals surface area (Å²) in [6, 6.07) is 13.7. The van der Waals surface area contributed by atoms with Gasteiger partial charge in [0.05, 0.1) is 21.8 Å². The summed E-state index contributed by atoms with van der Waals surface area (Å²) >= 11 is 1.34. The number of nitrogens with zero attached hydrogens (tertiary/aromatic N) is 2. The molecule has 156 valence electrons. The van der Waals surface area contributed by atoms with Gasteiger partial charge in [0, 0.05) is 6.04 Å². The molecule has 1 aromatic heterocycles. The molecule has 5 nitrogen and oxygen atoms in total. The van der Waals surface area contributed by atoms with Crippen molar-refractivity contribution in [1.82, 2.24) is 14.9 Å². The highest BCUT2D eigenvalue weighted by atomic mass is 32.2. The van der Waals surface area contributed by atoms with Crippen LogP contribution in [-0.2, 0) is 4.79 Å². The Hall–Kier alpha value is -2.60. The molecule has 1 aliphatic rings. The Kier molecular flexibility index (Phi) is 5.95. The van der Waals surface area contributed by atoms with Crippen LogP contribution < -0.4 is 10.9 Å². The molecule has 1 heterocycles. The van der Waals surface area contributed by atoms with E-state index in [2.05, 4.69) is 11.4 Å². The second-order valence-corrected chi connectivity index (χ2v) is 9.46. The summed E-state index contributed by atoms with van der Waals surface area (Å²) in [5, 5.41) is 3.91. The van der Waals surface area contributed by atoms with Crippen molar-refractivity contribution in [3.63, 3.8) is 0 Å². The van der Waals surface area contributed by atoms with Gasteiger partial charge < -0.3 is 5.32 Å². The normalized spacial score (nSPS) is 15.4. The van der Waals surface area contributed by atoms with Crippen LogP contribution in [-0.4, -0.2) is 26.8 Å². The maximum Gasteiger partial charge on any atom is 0.266 e. The molecule has 1 saturated carbocycles. The first-order chi connectivity index (χ1) is 14.4. The minimum Gasteiger partial charge on any atom is -0.352 e. The maximum absolute atomic E-state index is 13.4. The number of fused-ring (bicyclic) bond motifs is 1. The monoisotopic (exact) mass is 421 g/mol. The van der Waals surface area contributed by atoms with Gasteiger partial charge in [-0.15, -0.1) is 0 Å². The summed E-state index contributed by atoms with van der Waals surface area (Å²) in [4.78, 5) is 30.9.